The molecule has 46 heteroatoms. The van der Waals surface area contributed by atoms with Gasteiger partial charge in [-0.3, -0.25) is 30.9 Å². The number of carboxylic acids is 2. The number of carbonyl (C=O) groups is 5. The Balaban J connectivity index is 0.000000438. The van der Waals surface area contributed by atoms with Crippen molar-refractivity contribution in [1.29, 1.82) is 0 Å². The highest BCUT2D eigenvalue weighted by molar-refractivity contribution is 7.94. The minimum Gasteiger partial charge on any atom is -0.778 e. The summed E-state index contributed by atoms with van der Waals surface area (Å²) in [6, 6.07) is 14.0. The topological polar surface area (TPSA) is 512 Å². The lowest BCUT2D eigenvalue weighted by molar-refractivity contribution is -0.385. The fourth-order valence-corrected chi connectivity index (χ4v) is 10.4. The molecule has 6 rings (SSSR count). The summed E-state index contributed by atoms with van der Waals surface area (Å²) >= 11 is 11.8. The number of carboxylic acid groups (broad SMARTS) is 2. The average Bonchev–Trinajstić information content (AvgIpc) is 0.801. The summed E-state index contributed by atoms with van der Waals surface area (Å²) in [5, 5.41) is 33.6. The van der Waals surface area contributed by atoms with Crippen LogP contribution in [0.2, 0.25) is 10.0 Å². The quantitative estimate of drug-likeness (QED) is 0.0102. The van der Waals surface area contributed by atoms with Crippen LogP contribution in [0.5, 0.6) is 35.0 Å². The van der Waals surface area contributed by atoms with Crippen molar-refractivity contribution >= 4 is 119 Å². The Bertz CT molecular complexity index is 4010. The lowest BCUT2D eigenvalue weighted by Crippen LogP contribution is -2.36. The number of hydrogen-bond donors (Lipinski definition) is 8. The maximum atomic E-state index is 12.5. The number of urea groups is 2. The molecular formula is C48H52Cl2F4N11O24PS4. The minimum absolute atomic E-state index is 0.0612. The van der Waals surface area contributed by atoms with E-state index in [0.717, 1.165) is 37.6 Å². The molecule has 0 bridgehead atoms. The number of sulfonamides is 2. The van der Waals surface area contributed by atoms with Crippen molar-refractivity contribution in [3.8, 4) is 35.0 Å². The molecule has 1 atom stereocenters. The van der Waals surface area contributed by atoms with Crippen LogP contribution in [0, 0.1) is 10.1 Å². The van der Waals surface area contributed by atoms with E-state index in [1.807, 2.05) is 5.32 Å². The van der Waals surface area contributed by atoms with Gasteiger partial charge in [-0.2, -0.15) is 45.9 Å². The molecule has 35 nitrogen and oxygen atoms in total. The van der Waals surface area contributed by atoms with Gasteiger partial charge in [-0.15, -0.1) is 0 Å². The number of nitro benzene ring substituents is 1. The number of nitro groups is 1. The number of ether oxygens (including phenoxy) is 6. The molecule has 0 radical (unpaired) electrons. The number of methoxy groups -OCH3 is 3. The molecule has 0 aliphatic rings. The zero-order chi connectivity index (χ0) is 71.5. The van der Waals surface area contributed by atoms with Crippen LogP contribution in [-0.4, -0.2) is 172 Å². The number of benzene rings is 3. The molecule has 8 N–H and O–H groups in total. The SMILES string of the molecule is CCS(=O)(=O)c1cccnc1S(=O)(=O)NC(=O)Nc1nc(OC)cc(OC)n1.COC(=O)c1cc(Oc2ccc(Cl)cc2Cl)ccc1[N+](=O)[O-].C[S+](C)C.O=C(Nc1nc(OC(F)F)cc(OC(F)F)n1)NS(=O)(=O)c1ccccc1C(=O)O.O=C(O)CNCP(=O)([O-])O. The third-order valence-corrected chi connectivity index (χ3v) is 15.2. The van der Waals surface area contributed by atoms with E-state index in [0.29, 0.717) is 27.7 Å². The number of rotatable bonds is 23. The smallest absolute Gasteiger partial charge is 0.388 e. The highest BCUT2D eigenvalue weighted by Gasteiger charge is 2.30. The average molecular weight is 1470 g/mol. The first-order valence-electron chi connectivity index (χ1n) is 24.5. The molecule has 6 aromatic rings. The van der Waals surface area contributed by atoms with E-state index in [-0.39, 0.29) is 45.5 Å². The van der Waals surface area contributed by atoms with Crippen LogP contribution >= 0.6 is 30.8 Å². The van der Waals surface area contributed by atoms with E-state index in [9.17, 15) is 86.4 Å². The van der Waals surface area contributed by atoms with E-state index in [2.05, 4.69) is 63.2 Å². The van der Waals surface area contributed by atoms with Gasteiger partial charge < -0.3 is 53.0 Å². The summed E-state index contributed by atoms with van der Waals surface area (Å²) in [6.07, 6.45) is 6.97. The number of nitrogens with zero attached hydrogens (tertiary/aromatic N) is 6. The third kappa shape index (κ3) is 28.8. The Labute approximate surface area is 542 Å². The van der Waals surface area contributed by atoms with Gasteiger partial charge >= 0.3 is 43.2 Å². The lowest BCUT2D eigenvalue weighted by atomic mass is 10.1. The molecule has 4 amide bonds. The Hall–Kier alpha value is -9.07. The number of aromatic carboxylic acids is 1. The number of alkyl halides is 4. The first-order chi connectivity index (χ1) is 43.7. The predicted molar refractivity (Wildman–Crippen MR) is 321 cm³/mol. The molecule has 0 spiro atoms. The fraction of sp³-hybridized carbons (Fsp3) is 0.250. The molecule has 0 aliphatic carbocycles. The van der Waals surface area contributed by atoms with Crippen molar-refractivity contribution in [1.82, 2.24) is 39.7 Å². The van der Waals surface area contributed by atoms with Crippen molar-refractivity contribution in [3.05, 3.63) is 122 Å². The number of anilines is 2. The number of sulfone groups is 1. The summed E-state index contributed by atoms with van der Waals surface area (Å²) in [4.78, 5) is 101. The summed E-state index contributed by atoms with van der Waals surface area (Å²) in [5.41, 5.74) is -1.23. The molecule has 3 aromatic carbocycles. The van der Waals surface area contributed by atoms with Crippen LogP contribution in [0.4, 0.5) is 44.7 Å². The number of pyridine rings is 1. The zero-order valence-electron chi connectivity index (χ0n) is 48.9. The van der Waals surface area contributed by atoms with E-state index >= 15 is 0 Å². The molecule has 0 aliphatic heterocycles. The molecular weight excluding hydrogens is 1420 g/mol. The molecule has 0 saturated carbocycles. The third-order valence-electron chi connectivity index (χ3n) is 9.49. The lowest BCUT2D eigenvalue weighted by Gasteiger charge is -2.14. The number of esters is 1. The second-order valence-electron chi connectivity index (χ2n) is 17.0. The second kappa shape index (κ2) is 37.6. The number of carbonyl (C=O) groups excluding carboxylic acids is 3. The highest BCUT2D eigenvalue weighted by atomic mass is 35.5. The first kappa shape index (κ1) is 81.0. The summed E-state index contributed by atoms with van der Waals surface area (Å²) < 4.78 is 164. The van der Waals surface area contributed by atoms with E-state index in [1.54, 1.807) is 22.2 Å². The Morgan fingerprint density at radius 1 is 0.713 bits per heavy atom. The summed E-state index contributed by atoms with van der Waals surface area (Å²) in [5.74, 6) is -6.48. The second-order valence-corrected chi connectivity index (χ2v) is 27.4. The van der Waals surface area contributed by atoms with Gasteiger partial charge in [-0.25, -0.2) is 50.4 Å². The molecule has 3 heterocycles. The van der Waals surface area contributed by atoms with Crippen molar-refractivity contribution in [2.24, 2.45) is 0 Å². The molecule has 0 fully saturated rings. The highest BCUT2D eigenvalue weighted by Crippen LogP contribution is 2.34. The molecule has 514 valence electrons. The molecule has 1 unspecified atom stereocenters. The minimum atomic E-state index is -4.71. The van der Waals surface area contributed by atoms with Gasteiger partial charge in [0.1, 0.15) is 34.4 Å². The van der Waals surface area contributed by atoms with Crippen molar-refractivity contribution in [3.63, 3.8) is 0 Å². The first-order valence-corrected chi connectivity index (χ1v) is 34.1. The van der Waals surface area contributed by atoms with Crippen LogP contribution in [0.15, 0.2) is 106 Å². The van der Waals surface area contributed by atoms with Crippen molar-refractivity contribution in [2.75, 3.05) is 69.3 Å². The Kier molecular flexibility index (Phi) is 32.4. The molecule has 94 heavy (non-hydrogen) atoms. The van der Waals surface area contributed by atoms with Crippen LogP contribution in [0.3, 0.4) is 0 Å². The maximum Gasteiger partial charge on any atom is 0.388 e. The number of halogens is 6. The Morgan fingerprint density at radius 3 is 1.67 bits per heavy atom. The van der Waals surface area contributed by atoms with Gasteiger partial charge in [0.2, 0.25) is 35.4 Å². The van der Waals surface area contributed by atoms with Crippen molar-refractivity contribution in [2.45, 2.75) is 35.0 Å². The van der Waals surface area contributed by atoms with Crippen LogP contribution < -0.4 is 54.0 Å². The summed E-state index contributed by atoms with van der Waals surface area (Å²) in [6.45, 7) is -5.94. The number of nitrogens with one attached hydrogen (secondary N) is 5. The van der Waals surface area contributed by atoms with Gasteiger partial charge in [0, 0.05) is 23.4 Å². The van der Waals surface area contributed by atoms with Gasteiger partial charge in [0.05, 0.1) is 86.3 Å². The van der Waals surface area contributed by atoms with Gasteiger partial charge in [-0.05, 0) is 59.4 Å². The normalized spacial score (nSPS) is 11.5. The van der Waals surface area contributed by atoms with Crippen LogP contribution in [0.1, 0.15) is 27.6 Å². The zero-order valence-corrected chi connectivity index (χ0v) is 54.6. The van der Waals surface area contributed by atoms with Gasteiger partial charge in [-0.1, -0.05) is 42.3 Å². The number of amides is 4. The van der Waals surface area contributed by atoms with Crippen LogP contribution in [-0.2, 0) is 54.9 Å². The monoisotopic (exact) mass is 1470 g/mol. The largest absolute Gasteiger partial charge is 0.778 e. The number of aromatic nitrogens is 5. The maximum absolute atomic E-state index is 12.5. The predicted octanol–water partition coefficient (Wildman–Crippen LogP) is 5.22. The Morgan fingerprint density at radius 2 is 1.21 bits per heavy atom. The number of hydrogen-bond acceptors (Lipinski definition) is 27. The molecule has 3 aromatic heterocycles. The molecule has 0 saturated heterocycles. The van der Waals surface area contributed by atoms with Gasteiger partial charge in [0.15, 0.2) is 14.9 Å². The van der Waals surface area contributed by atoms with Crippen LogP contribution in [0.25, 0.3) is 0 Å². The van der Waals surface area contributed by atoms with Crippen molar-refractivity contribution < 1.29 is 125 Å². The number of aliphatic carboxylic acids is 1. The van der Waals surface area contributed by atoms with E-state index in [1.165, 1.54) is 68.3 Å². The standard InChI is InChI=1S/C14H9Cl2NO5.C14H10F4N4O7S.C14H17N5O7S2.C3H8NO5P.C3H9S/c1-21-14(18)10-7-9(3-4-12(10)17(19)20)22-13-5-2-8(15)6-11(13)16;15-11(16)28-8-5-9(29-12(17)18)20-13(19-8)21-14(25)22-30(26,27)7-4-2-1-3-6(7)10(23)24;1-4-27(21,22)9-6-5-7-15-12(9)28(23,24)19-14(20)18-13-16-10(25-2)8-11(17-13)26-3;5-3(6)1-4-2-10(7,8)9;1-4(2)3/h2-7H,1H3;1-5,11-12H,(H,23,24)(H2,19,20,21,22,25);5-8H,4H2,1-3H3,(H2,16,17,18,19,20);4H,1-2H2,(H,5,6)(H2,7,8,9);1-3H3/q;;;;+1/p-1. The van der Waals surface area contributed by atoms with E-state index < -0.39 is 137 Å². The fourth-order valence-electron chi connectivity index (χ4n) is 5.88. The summed E-state index contributed by atoms with van der Waals surface area (Å²) in [7, 11) is -13.1. The van der Waals surface area contributed by atoms with E-state index in [4.69, 9.17) is 52.5 Å². The van der Waals surface area contributed by atoms with Gasteiger partial charge in [0.25, 0.3) is 25.7 Å².